The monoisotopic (exact) mass is 511 g/mol. The Balaban J connectivity index is 1.41. The van der Waals surface area contributed by atoms with E-state index in [1.165, 1.54) is 34.2 Å². The van der Waals surface area contributed by atoms with Gasteiger partial charge in [0, 0.05) is 11.1 Å². The third-order valence-electron chi connectivity index (χ3n) is 7.46. The highest BCUT2D eigenvalue weighted by Crippen LogP contribution is 2.36. The number of fused-ring (bicyclic) bond motifs is 4. The van der Waals surface area contributed by atoms with Crippen LogP contribution >= 0.6 is 0 Å². The Kier molecular flexibility index (Phi) is 5.07. The highest BCUT2D eigenvalue weighted by Gasteiger charge is 2.16. The molecule has 0 bridgehead atoms. The third-order valence-corrected chi connectivity index (χ3v) is 7.46. The fourth-order valence-corrected chi connectivity index (χ4v) is 5.56. The number of aromatic nitrogens is 5. The molecule has 0 saturated heterocycles. The van der Waals surface area contributed by atoms with Gasteiger partial charge in [-0.1, -0.05) is 84.9 Å². The minimum atomic E-state index is 0.439. The Labute approximate surface area is 229 Å². The average Bonchev–Trinajstić information content (AvgIpc) is 3.02. The van der Waals surface area contributed by atoms with Crippen molar-refractivity contribution in [3.05, 3.63) is 128 Å². The zero-order chi connectivity index (χ0) is 26.5. The molecule has 0 N–H and O–H groups in total. The molecule has 0 atom stereocenters. The average molecular weight is 512 g/mol. The summed E-state index contributed by atoms with van der Waals surface area (Å²) in [7, 11) is 0. The van der Waals surface area contributed by atoms with Crippen LogP contribution in [0.5, 0.6) is 0 Å². The maximum atomic E-state index is 5.00. The first-order valence-electron chi connectivity index (χ1n) is 13.2. The molecule has 5 nitrogen and oxygen atoms in total. The van der Waals surface area contributed by atoms with E-state index in [2.05, 4.69) is 130 Å². The van der Waals surface area contributed by atoms with E-state index >= 15 is 0 Å². The van der Waals surface area contributed by atoms with E-state index in [4.69, 9.17) is 9.97 Å². The number of rotatable bonds is 3. The molecule has 0 radical (unpaired) electrons. The first kappa shape index (κ1) is 22.4. The molecule has 5 heteroatoms. The largest absolute Gasteiger partial charge is 0.225 e. The highest BCUT2D eigenvalue weighted by molar-refractivity contribution is 6.06. The molecule has 0 aliphatic carbocycles. The topological polar surface area (TPSA) is 64.5 Å². The zero-order valence-electron chi connectivity index (χ0n) is 21.4. The standard InChI is InChI=1S/C35H21N5/c1-3-9-24-17-30-26(15-22(24)7-1)11-5-13-28(30)32-19-33(40-35(39-32)34-37-20-36-21-38-34)29-14-6-12-27-16-23-8-2-4-10-25(23)18-31(27)29/h1-21H. The molecule has 8 aromatic rings. The van der Waals surface area contributed by atoms with Gasteiger partial charge in [0.1, 0.15) is 12.7 Å². The van der Waals surface area contributed by atoms with Gasteiger partial charge in [-0.3, -0.25) is 0 Å². The third kappa shape index (κ3) is 3.76. The molecular weight excluding hydrogens is 490 g/mol. The van der Waals surface area contributed by atoms with Gasteiger partial charge in [-0.05, 0) is 73.4 Å². The minimum Gasteiger partial charge on any atom is -0.225 e. The van der Waals surface area contributed by atoms with E-state index in [1.54, 1.807) is 0 Å². The second kappa shape index (κ2) is 9.03. The summed E-state index contributed by atoms with van der Waals surface area (Å²) in [6.07, 6.45) is 2.96. The molecule has 0 amide bonds. The van der Waals surface area contributed by atoms with Crippen molar-refractivity contribution in [3.63, 3.8) is 0 Å². The number of nitrogens with zero attached hydrogens (tertiary/aromatic N) is 5. The van der Waals surface area contributed by atoms with Crippen molar-refractivity contribution in [2.75, 3.05) is 0 Å². The summed E-state index contributed by atoms with van der Waals surface area (Å²) in [6.45, 7) is 0. The van der Waals surface area contributed by atoms with E-state index in [9.17, 15) is 0 Å². The van der Waals surface area contributed by atoms with Gasteiger partial charge in [0.2, 0.25) is 5.82 Å². The summed E-state index contributed by atoms with van der Waals surface area (Å²) in [4.78, 5) is 22.7. The summed E-state index contributed by atoms with van der Waals surface area (Å²) in [5.41, 5.74) is 3.71. The Morgan fingerprint density at radius 2 is 0.825 bits per heavy atom. The molecule has 0 unspecified atom stereocenters. The van der Waals surface area contributed by atoms with Gasteiger partial charge in [-0.15, -0.1) is 0 Å². The Morgan fingerprint density at radius 1 is 0.375 bits per heavy atom. The Hall–Kier alpha value is -5.55. The normalized spacial score (nSPS) is 11.5. The van der Waals surface area contributed by atoms with Crippen LogP contribution < -0.4 is 0 Å². The molecule has 40 heavy (non-hydrogen) atoms. The Bertz CT molecular complexity index is 2090. The predicted octanol–water partition coefficient (Wildman–Crippen LogP) is 8.28. The lowest BCUT2D eigenvalue weighted by molar-refractivity contribution is 1.02. The summed E-state index contributed by atoms with van der Waals surface area (Å²) in [6, 6.07) is 40.6. The first-order chi connectivity index (χ1) is 19.8. The van der Waals surface area contributed by atoms with Crippen molar-refractivity contribution in [3.8, 4) is 34.2 Å². The first-order valence-corrected chi connectivity index (χ1v) is 13.2. The second-order valence-corrected chi connectivity index (χ2v) is 9.88. The number of benzene rings is 6. The SMILES string of the molecule is c1ccc2cc3c(-c4cc(-c5cccc6cc7ccccc7cc56)nc(-c5ncncn5)n4)cccc3cc2c1. The van der Waals surface area contributed by atoms with E-state index in [0.29, 0.717) is 11.6 Å². The van der Waals surface area contributed by atoms with Crippen LogP contribution in [0.2, 0.25) is 0 Å². The van der Waals surface area contributed by atoms with Crippen LogP contribution in [0.25, 0.3) is 77.3 Å². The van der Waals surface area contributed by atoms with E-state index in [-0.39, 0.29) is 0 Å². The van der Waals surface area contributed by atoms with E-state index < -0.39 is 0 Å². The van der Waals surface area contributed by atoms with Gasteiger partial charge in [0.25, 0.3) is 0 Å². The van der Waals surface area contributed by atoms with Crippen molar-refractivity contribution in [2.45, 2.75) is 0 Å². The number of hydrogen-bond acceptors (Lipinski definition) is 5. The van der Waals surface area contributed by atoms with Gasteiger partial charge < -0.3 is 0 Å². The van der Waals surface area contributed by atoms with Crippen molar-refractivity contribution in [1.82, 2.24) is 24.9 Å². The van der Waals surface area contributed by atoms with Crippen LogP contribution in [0.15, 0.2) is 128 Å². The summed E-state index contributed by atoms with van der Waals surface area (Å²) < 4.78 is 0. The van der Waals surface area contributed by atoms with Crippen molar-refractivity contribution in [2.24, 2.45) is 0 Å². The molecule has 0 fully saturated rings. The van der Waals surface area contributed by atoms with Gasteiger partial charge in [0.05, 0.1) is 11.4 Å². The molecule has 0 aliphatic rings. The van der Waals surface area contributed by atoms with Crippen LogP contribution in [-0.2, 0) is 0 Å². The lowest BCUT2D eigenvalue weighted by Crippen LogP contribution is -2.00. The van der Waals surface area contributed by atoms with Crippen LogP contribution in [-0.4, -0.2) is 24.9 Å². The highest BCUT2D eigenvalue weighted by atomic mass is 15.0. The maximum absolute atomic E-state index is 5.00. The van der Waals surface area contributed by atoms with Crippen molar-refractivity contribution < 1.29 is 0 Å². The minimum absolute atomic E-state index is 0.439. The van der Waals surface area contributed by atoms with Crippen LogP contribution in [0, 0.1) is 0 Å². The van der Waals surface area contributed by atoms with Crippen molar-refractivity contribution >= 4 is 43.1 Å². The predicted molar refractivity (Wildman–Crippen MR) is 162 cm³/mol. The number of hydrogen-bond donors (Lipinski definition) is 0. The van der Waals surface area contributed by atoms with Gasteiger partial charge in [-0.25, -0.2) is 24.9 Å². The second-order valence-electron chi connectivity index (χ2n) is 9.88. The molecule has 0 aliphatic heterocycles. The fourth-order valence-electron chi connectivity index (χ4n) is 5.56. The quantitative estimate of drug-likeness (QED) is 0.223. The van der Waals surface area contributed by atoms with Gasteiger partial charge in [0.15, 0.2) is 5.82 Å². The fraction of sp³-hybridized carbons (Fsp3) is 0. The molecule has 186 valence electrons. The van der Waals surface area contributed by atoms with E-state index in [1.807, 2.05) is 0 Å². The molecule has 6 aromatic carbocycles. The van der Waals surface area contributed by atoms with Crippen molar-refractivity contribution in [1.29, 1.82) is 0 Å². The Morgan fingerprint density at radius 3 is 1.32 bits per heavy atom. The van der Waals surface area contributed by atoms with Crippen LogP contribution in [0.3, 0.4) is 0 Å². The lowest BCUT2D eigenvalue weighted by atomic mass is 9.95. The molecule has 0 spiro atoms. The zero-order valence-corrected chi connectivity index (χ0v) is 21.4. The molecule has 0 saturated carbocycles. The summed E-state index contributed by atoms with van der Waals surface area (Å²) >= 11 is 0. The van der Waals surface area contributed by atoms with Crippen LogP contribution in [0.1, 0.15) is 0 Å². The summed E-state index contributed by atoms with van der Waals surface area (Å²) in [5.74, 6) is 0.903. The smallest absolute Gasteiger partial charge is 0.200 e. The lowest BCUT2D eigenvalue weighted by Gasteiger charge is -2.13. The molecule has 2 heterocycles. The van der Waals surface area contributed by atoms with Gasteiger partial charge >= 0.3 is 0 Å². The van der Waals surface area contributed by atoms with Gasteiger partial charge in [-0.2, -0.15) is 0 Å². The van der Waals surface area contributed by atoms with Crippen LogP contribution in [0.4, 0.5) is 0 Å². The maximum Gasteiger partial charge on any atom is 0.200 e. The molecule has 2 aromatic heterocycles. The van der Waals surface area contributed by atoms with E-state index in [0.717, 1.165) is 44.1 Å². The molecular formula is C35H21N5. The molecule has 8 rings (SSSR count). The summed E-state index contributed by atoms with van der Waals surface area (Å²) in [5, 5.41) is 9.40.